The van der Waals surface area contributed by atoms with Crippen molar-refractivity contribution in [2.75, 3.05) is 14.2 Å². The van der Waals surface area contributed by atoms with Crippen LogP contribution in [-0.2, 0) is 9.53 Å². The summed E-state index contributed by atoms with van der Waals surface area (Å²) >= 11 is 6.07. The highest BCUT2D eigenvalue weighted by Gasteiger charge is 2.16. The van der Waals surface area contributed by atoms with Crippen LogP contribution in [0.25, 0.3) is 0 Å². The molecule has 4 nitrogen and oxygen atoms in total. The van der Waals surface area contributed by atoms with Crippen molar-refractivity contribution in [3.8, 4) is 5.75 Å². The minimum absolute atomic E-state index is 0.0867. The van der Waals surface area contributed by atoms with Crippen molar-refractivity contribution in [2.45, 2.75) is 12.5 Å². The second kappa shape index (κ2) is 5.72. The topological polar surface area (TPSA) is 61.5 Å². The number of esters is 1. The van der Waals surface area contributed by atoms with Crippen molar-refractivity contribution in [3.63, 3.8) is 0 Å². The van der Waals surface area contributed by atoms with E-state index in [1.807, 2.05) is 0 Å². The maximum absolute atomic E-state index is 11.1. The average molecular weight is 244 g/mol. The number of carbonyl (C=O) groups is 1. The van der Waals surface area contributed by atoms with E-state index in [0.717, 1.165) is 0 Å². The van der Waals surface area contributed by atoms with Gasteiger partial charge in [-0.05, 0) is 11.6 Å². The number of hydrogen-bond acceptors (Lipinski definition) is 4. The molecule has 5 heteroatoms. The Balaban J connectivity index is 2.91. The summed E-state index contributed by atoms with van der Waals surface area (Å²) in [5.74, 6) is 0.172. The summed E-state index contributed by atoms with van der Waals surface area (Å²) in [5, 5.41) is 0.432. The average Bonchev–Trinajstić information content (AvgIpc) is 2.29. The van der Waals surface area contributed by atoms with Gasteiger partial charge in [-0.2, -0.15) is 0 Å². The second-order valence-electron chi connectivity index (χ2n) is 3.25. The van der Waals surface area contributed by atoms with E-state index in [1.54, 1.807) is 18.2 Å². The Labute approximate surface area is 99.3 Å². The standard InChI is InChI=1S/C11H14ClNO3/c1-15-9-5-3-4-7(11(9)12)8(13)6-10(14)16-2/h3-5,8H,6,13H2,1-2H3/t8-/m1/s1. The molecule has 0 saturated carbocycles. The molecule has 0 aliphatic carbocycles. The highest BCUT2D eigenvalue weighted by atomic mass is 35.5. The molecule has 0 aliphatic heterocycles. The molecule has 88 valence electrons. The highest BCUT2D eigenvalue weighted by Crippen LogP contribution is 2.31. The summed E-state index contributed by atoms with van der Waals surface area (Å²) in [5.41, 5.74) is 6.53. The Morgan fingerprint density at radius 1 is 1.50 bits per heavy atom. The number of carbonyl (C=O) groups excluding carboxylic acids is 1. The first-order valence-corrected chi connectivity index (χ1v) is 5.12. The maximum Gasteiger partial charge on any atom is 0.307 e. The Morgan fingerprint density at radius 2 is 2.19 bits per heavy atom. The van der Waals surface area contributed by atoms with Crippen molar-refractivity contribution in [1.29, 1.82) is 0 Å². The largest absolute Gasteiger partial charge is 0.495 e. The zero-order chi connectivity index (χ0) is 12.1. The Morgan fingerprint density at radius 3 is 2.75 bits per heavy atom. The lowest BCUT2D eigenvalue weighted by molar-refractivity contribution is -0.141. The zero-order valence-corrected chi connectivity index (χ0v) is 9.95. The molecule has 0 amide bonds. The number of nitrogens with two attached hydrogens (primary N) is 1. The van der Waals surface area contributed by atoms with Gasteiger partial charge in [-0.1, -0.05) is 23.7 Å². The van der Waals surface area contributed by atoms with Crippen molar-refractivity contribution >= 4 is 17.6 Å². The lowest BCUT2D eigenvalue weighted by atomic mass is 10.0. The third kappa shape index (κ3) is 2.87. The minimum atomic E-state index is -0.491. The van der Waals surface area contributed by atoms with Gasteiger partial charge in [-0.25, -0.2) is 0 Å². The van der Waals surface area contributed by atoms with Gasteiger partial charge in [-0.15, -0.1) is 0 Å². The van der Waals surface area contributed by atoms with Crippen LogP contribution in [0, 0.1) is 0 Å². The van der Waals surface area contributed by atoms with Crippen LogP contribution in [0.1, 0.15) is 18.0 Å². The van der Waals surface area contributed by atoms with Gasteiger partial charge < -0.3 is 15.2 Å². The van der Waals surface area contributed by atoms with Crippen molar-refractivity contribution in [3.05, 3.63) is 28.8 Å². The predicted molar refractivity (Wildman–Crippen MR) is 61.6 cm³/mol. The number of benzene rings is 1. The van der Waals surface area contributed by atoms with Gasteiger partial charge in [-0.3, -0.25) is 4.79 Å². The fourth-order valence-corrected chi connectivity index (χ4v) is 1.69. The molecule has 0 unspecified atom stereocenters. The molecule has 0 radical (unpaired) electrons. The molecule has 0 bridgehead atoms. The lowest BCUT2D eigenvalue weighted by Crippen LogP contribution is -2.16. The fourth-order valence-electron chi connectivity index (χ4n) is 1.34. The SMILES string of the molecule is COC(=O)C[C@@H](N)c1cccc(OC)c1Cl. The first kappa shape index (κ1) is 12.8. The van der Waals surface area contributed by atoms with E-state index >= 15 is 0 Å². The molecule has 0 aliphatic rings. The molecular formula is C11H14ClNO3. The summed E-state index contributed by atoms with van der Waals surface area (Å²) in [6.45, 7) is 0. The normalized spacial score (nSPS) is 12.0. The zero-order valence-electron chi connectivity index (χ0n) is 9.20. The molecule has 0 spiro atoms. The Hall–Kier alpha value is -1.26. The molecule has 1 aromatic carbocycles. The maximum atomic E-state index is 11.1. The molecule has 0 heterocycles. The molecule has 1 aromatic rings. The van der Waals surface area contributed by atoms with Crippen LogP contribution >= 0.6 is 11.6 Å². The Kier molecular flexibility index (Phi) is 4.58. The quantitative estimate of drug-likeness (QED) is 0.821. The summed E-state index contributed by atoms with van der Waals surface area (Å²) in [6, 6.07) is 4.78. The van der Waals surface area contributed by atoms with Gasteiger partial charge in [0, 0.05) is 6.04 Å². The number of ether oxygens (including phenoxy) is 2. The third-order valence-corrected chi connectivity index (χ3v) is 2.63. The molecule has 0 saturated heterocycles. The van der Waals surface area contributed by atoms with E-state index in [4.69, 9.17) is 22.1 Å². The lowest BCUT2D eigenvalue weighted by Gasteiger charge is -2.14. The van der Waals surface area contributed by atoms with E-state index in [-0.39, 0.29) is 12.4 Å². The highest BCUT2D eigenvalue weighted by molar-refractivity contribution is 6.32. The van der Waals surface area contributed by atoms with Gasteiger partial charge in [0.05, 0.1) is 25.7 Å². The van der Waals surface area contributed by atoms with Gasteiger partial charge in [0.2, 0.25) is 0 Å². The Bertz CT molecular complexity index is 381. The van der Waals surface area contributed by atoms with Crippen LogP contribution < -0.4 is 10.5 Å². The number of hydrogen-bond donors (Lipinski definition) is 1. The van der Waals surface area contributed by atoms with Crippen LogP contribution in [0.4, 0.5) is 0 Å². The van der Waals surface area contributed by atoms with E-state index in [2.05, 4.69) is 4.74 Å². The summed E-state index contributed by atoms with van der Waals surface area (Å²) in [4.78, 5) is 11.1. The van der Waals surface area contributed by atoms with Crippen LogP contribution in [0.3, 0.4) is 0 Å². The van der Waals surface area contributed by atoms with Gasteiger partial charge in [0.25, 0.3) is 0 Å². The molecular weight excluding hydrogens is 230 g/mol. The first-order valence-electron chi connectivity index (χ1n) is 4.75. The number of halogens is 1. The summed E-state index contributed by atoms with van der Waals surface area (Å²) < 4.78 is 9.61. The van der Waals surface area contributed by atoms with Gasteiger partial charge in [0.1, 0.15) is 5.75 Å². The van der Waals surface area contributed by atoms with E-state index in [9.17, 15) is 4.79 Å². The van der Waals surface area contributed by atoms with Crippen molar-refractivity contribution in [1.82, 2.24) is 0 Å². The molecule has 1 rings (SSSR count). The fraction of sp³-hybridized carbons (Fsp3) is 0.364. The van der Waals surface area contributed by atoms with Crippen LogP contribution in [0.2, 0.25) is 5.02 Å². The van der Waals surface area contributed by atoms with E-state index in [1.165, 1.54) is 14.2 Å². The van der Waals surface area contributed by atoms with Crippen molar-refractivity contribution < 1.29 is 14.3 Å². The van der Waals surface area contributed by atoms with E-state index in [0.29, 0.717) is 16.3 Å². The van der Waals surface area contributed by atoms with Crippen LogP contribution in [-0.4, -0.2) is 20.2 Å². The van der Waals surface area contributed by atoms with Gasteiger partial charge >= 0.3 is 5.97 Å². The van der Waals surface area contributed by atoms with Gasteiger partial charge in [0.15, 0.2) is 0 Å². The monoisotopic (exact) mass is 243 g/mol. The summed E-state index contributed by atoms with van der Waals surface area (Å²) in [7, 11) is 2.85. The number of rotatable bonds is 4. The van der Waals surface area contributed by atoms with E-state index < -0.39 is 6.04 Å². The predicted octanol–water partition coefficient (Wildman–Crippen LogP) is 1.91. The smallest absolute Gasteiger partial charge is 0.307 e. The molecule has 2 N–H and O–H groups in total. The molecule has 1 atom stereocenters. The first-order chi connectivity index (χ1) is 7.60. The number of methoxy groups -OCH3 is 2. The molecule has 0 aromatic heterocycles. The van der Waals surface area contributed by atoms with Crippen LogP contribution in [0.15, 0.2) is 18.2 Å². The van der Waals surface area contributed by atoms with Crippen molar-refractivity contribution in [2.24, 2.45) is 5.73 Å². The van der Waals surface area contributed by atoms with Crippen LogP contribution in [0.5, 0.6) is 5.75 Å². The molecule has 0 fully saturated rings. The molecule has 16 heavy (non-hydrogen) atoms. The third-order valence-electron chi connectivity index (χ3n) is 2.23. The second-order valence-corrected chi connectivity index (χ2v) is 3.63. The summed E-state index contributed by atoms with van der Waals surface area (Å²) in [6.07, 6.45) is 0.0867. The minimum Gasteiger partial charge on any atom is -0.495 e.